The van der Waals surface area contributed by atoms with Crippen LogP contribution in [0.2, 0.25) is 0 Å². The quantitative estimate of drug-likeness (QED) is 0.581. The van der Waals surface area contributed by atoms with E-state index in [-0.39, 0.29) is 16.5 Å². The number of primary amides is 1. The van der Waals surface area contributed by atoms with E-state index >= 15 is 0 Å². The Morgan fingerprint density at radius 1 is 1.17 bits per heavy atom. The molecular formula is C21H19N3O4S. The van der Waals surface area contributed by atoms with Crippen LogP contribution >= 0.6 is 11.8 Å². The molecule has 0 saturated carbocycles. The Bertz CT molecular complexity index is 1010. The van der Waals surface area contributed by atoms with E-state index < -0.39 is 11.2 Å². The summed E-state index contributed by atoms with van der Waals surface area (Å²) in [6.07, 6.45) is 0.426. The minimum Gasteiger partial charge on any atom is -0.497 e. The van der Waals surface area contributed by atoms with Gasteiger partial charge in [0.15, 0.2) is 0 Å². The van der Waals surface area contributed by atoms with Gasteiger partial charge in [0.05, 0.1) is 25.2 Å². The molecule has 2 amide bonds. The van der Waals surface area contributed by atoms with Crippen LogP contribution in [0.4, 0.5) is 5.69 Å². The maximum atomic E-state index is 13.2. The number of thioether (sulfide) groups is 1. The zero-order valence-corrected chi connectivity index (χ0v) is 16.7. The molecule has 2 N–H and O–H groups in total. The average Bonchev–Trinajstić information content (AvgIpc) is 3.04. The second-order valence-corrected chi connectivity index (χ2v) is 7.38. The van der Waals surface area contributed by atoms with Crippen molar-refractivity contribution in [2.45, 2.75) is 11.7 Å². The number of anilines is 1. The molecule has 1 aliphatic heterocycles. The van der Waals surface area contributed by atoms with Crippen LogP contribution in [0.5, 0.6) is 11.5 Å². The molecule has 1 fully saturated rings. The van der Waals surface area contributed by atoms with E-state index in [9.17, 15) is 14.9 Å². The van der Waals surface area contributed by atoms with Crippen LogP contribution in [-0.2, 0) is 16.0 Å². The number of ether oxygens (including phenoxy) is 2. The number of methoxy groups -OCH3 is 2. The van der Waals surface area contributed by atoms with Gasteiger partial charge in [-0.05, 0) is 36.2 Å². The van der Waals surface area contributed by atoms with E-state index in [1.807, 2.05) is 30.3 Å². The van der Waals surface area contributed by atoms with Gasteiger partial charge in [-0.3, -0.25) is 14.5 Å². The molecule has 148 valence electrons. The normalized spacial score (nSPS) is 17.6. The van der Waals surface area contributed by atoms with E-state index in [2.05, 4.69) is 0 Å². The summed E-state index contributed by atoms with van der Waals surface area (Å²) in [6.45, 7) is 0. The van der Waals surface area contributed by atoms with Crippen LogP contribution in [0.1, 0.15) is 5.56 Å². The van der Waals surface area contributed by atoms with Crippen molar-refractivity contribution in [3.8, 4) is 17.6 Å². The third kappa shape index (κ3) is 4.20. The Hall–Kier alpha value is -3.44. The van der Waals surface area contributed by atoms with Gasteiger partial charge in [-0.2, -0.15) is 5.26 Å². The number of amides is 2. The molecule has 0 aromatic heterocycles. The molecule has 7 nitrogen and oxygen atoms in total. The molecular weight excluding hydrogens is 390 g/mol. The maximum absolute atomic E-state index is 13.2. The van der Waals surface area contributed by atoms with Crippen LogP contribution in [0, 0.1) is 11.3 Å². The van der Waals surface area contributed by atoms with E-state index in [0.29, 0.717) is 17.9 Å². The lowest BCUT2D eigenvalue weighted by molar-refractivity contribution is -0.117. The minimum absolute atomic E-state index is 0.233. The summed E-state index contributed by atoms with van der Waals surface area (Å²) in [5.74, 6) is 0.165. The van der Waals surface area contributed by atoms with E-state index in [1.165, 1.54) is 12.0 Å². The number of hydrogen-bond acceptors (Lipinski definition) is 6. The van der Waals surface area contributed by atoms with Gasteiger partial charge in [-0.1, -0.05) is 30.0 Å². The molecule has 0 spiro atoms. The number of nitrogens with two attached hydrogens (primary N) is 1. The number of hydrogen-bond donors (Lipinski definition) is 1. The Morgan fingerprint density at radius 2 is 1.86 bits per heavy atom. The van der Waals surface area contributed by atoms with E-state index in [0.717, 1.165) is 23.1 Å². The standard InChI is InChI=1S/C21H19N3O4S/c1-27-15-8-6-13(7-9-15)10-18-20(26)24(14-4-3-5-16(11-14)28-2)21(29-18)17(12-22)19(23)25/h3-9,11,18H,10H2,1-2H3,(H2,23,25). The Kier molecular flexibility index (Phi) is 6.10. The largest absolute Gasteiger partial charge is 0.497 e. The van der Waals surface area contributed by atoms with Gasteiger partial charge in [0.1, 0.15) is 28.2 Å². The van der Waals surface area contributed by atoms with Crippen LogP contribution < -0.4 is 20.1 Å². The van der Waals surface area contributed by atoms with Crippen molar-refractivity contribution in [3.05, 3.63) is 64.7 Å². The van der Waals surface area contributed by atoms with Gasteiger partial charge in [0.2, 0.25) is 5.91 Å². The number of benzene rings is 2. The smallest absolute Gasteiger partial charge is 0.262 e. The van der Waals surface area contributed by atoms with Crippen molar-refractivity contribution >= 4 is 29.3 Å². The highest BCUT2D eigenvalue weighted by molar-refractivity contribution is 8.05. The van der Waals surface area contributed by atoms with E-state index in [1.54, 1.807) is 31.4 Å². The first-order chi connectivity index (χ1) is 14.0. The fourth-order valence-electron chi connectivity index (χ4n) is 2.96. The molecule has 8 heteroatoms. The van der Waals surface area contributed by atoms with Crippen molar-refractivity contribution in [1.29, 1.82) is 5.26 Å². The van der Waals surface area contributed by atoms with Crippen molar-refractivity contribution in [2.75, 3.05) is 19.1 Å². The zero-order chi connectivity index (χ0) is 21.0. The Labute approximate surface area is 172 Å². The molecule has 1 unspecified atom stereocenters. The van der Waals surface area contributed by atoms with Crippen LogP contribution in [-0.4, -0.2) is 31.3 Å². The summed E-state index contributed by atoms with van der Waals surface area (Å²) in [4.78, 5) is 26.4. The second-order valence-electron chi connectivity index (χ2n) is 6.19. The van der Waals surface area contributed by atoms with Gasteiger partial charge >= 0.3 is 0 Å². The molecule has 1 atom stereocenters. The molecule has 29 heavy (non-hydrogen) atoms. The molecule has 1 saturated heterocycles. The number of carbonyl (C=O) groups excluding carboxylic acids is 2. The van der Waals surface area contributed by atoms with Crippen molar-refractivity contribution in [1.82, 2.24) is 0 Å². The summed E-state index contributed by atoms with van der Waals surface area (Å²) in [5.41, 5.74) is 6.58. The van der Waals surface area contributed by atoms with Gasteiger partial charge in [-0.25, -0.2) is 0 Å². The Morgan fingerprint density at radius 3 is 2.45 bits per heavy atom. The summed E-state index contributed by atoms with van der Waals surface area (Å²) in [5, 5.41) is 9.17. The zero-order valence-electron chi connectivity index (χ0n) is 15.9. The number of nitriles is 1. The van der Waals surface area contributed by atoms with Gasteiger partial charge in [0.25, 0.3) is 5.91 Å². The van der Waals surface area contributed by atoms with Crippen molar-refractivity contribution in [3.63, 3.8) is 0 Å². The van der Waals surface area contributed by atoms with Crippen LogP contribution in [0.15, 0.2) is 59.1 Å². The predicted molar refractivity (Wildman–Crippen MR) is 110 cm³/mol. The monoisotopic (exact) mass is 409 g/mol. The van der Waals surface area contributed by atoms with Crippen molar-refractivity contribution < 1.29 is 19.1 Å². The highest BCUT2D eigenvalue weighted by Crippen LogP contribution is 2.42. The summed E-state index contributed by atoms with van der Waals surface area (Å²) < 4.78 is 10.4. The number of nitrogens with zero attached hydrogens (tertiary/aromatic N) is 2. The molecule has 2 aromatic rings. The van der Waals surface area contributed by atoms with Crippen LogP contribution in [0.25, 0.3) is 0 Å². The number of carbonyl (C=O) groups is 2. The lowest BCUT2D eigenvalue weighted by Crippen LogP contribution is -2.31. The predicted octanol–water partition coefficient (Wildman–Crippen LogP) is 2.62. The van der Waals surface area contributed by atoms with E-state index in [4.69, 9.17) is 15.2 Å². The second kappa shape index (κ2) is 8.71. The highest BCUT2D eigenvalue weighted by atomic mass is 32.2. The maximum Gasteiger partial charge on any atom is 0.262 e. The summed E-state index contributed by atoms with van der Waals surface area (Å²) in [7, 11) is 3.11. The van der Waals surface area contributed by atoms with Crippen molar-refractivity contribution in [2.24, 2.45) is 5.73 Å². The average molecular weight is 409 g/mol. The lowest BCUT2D eigenvalue weighted by Gasteiger charge is -2.18. The third-order valence-corrected chi connectivity index (χ3v) is 5.68. The Balaban J connectivity index is 2.00. The summed E-state index contributed by atoms with van der Waals surface area (Å²) in [6, 6.07) is 16.1. The molecule has 1 heterocycles. The molecule has 0 aliphatic carbocycles. The first-order valence-electron chi connectivity index (χ1n) is 8.70. The summed E-state index contributed by atoms with van der Waals surface area (Å²) >= 11 is 1.16. The topological polar surface area (TPSA) is 106 Å². The van der Waals surface area contributed by atoms with Gasteiger partial charge in [-0.15, -0.1) is 0 Å². The minimum atomic E-state index is -0.874. The molecule has 0 radical (unpaired) electrons. The van der Waals surface area contributed by atoms with Gasteiger partial charge < -0.3 is 15.2 Å². The first kappa shape index (κ1) is 20.3. The molecule has 0 bridgehead atoms. The molecule has 1 aliphatic rings. The molecule has 2 aromatic carbocycles. The molecule has 3 rings (SSSR count). The van der Waals surface area contributed by atoms with Gasteiger partial charge in [0, 0.05) is 6.07 Å². The van der Waals surface area contributed by atoms with Crippen LogP contribution in [0.3, 0.4) is 0 Å². The SMILES string of the molecule is COc1ccc(CC2SC(=C(C#N)C(N)=O)N(c3cccc(OC)c3)C2=O)cc1. The fourth-order valence-corrected chi connectivity index (χ4v) is 4.28. The highest BCUT2D eigenvalue weighted by Gasteiger charge is 2.40. The number of rotatable bonds is 6. The first-order valence-corrected chi connectivity index (χ1v) is 9.58. The fraction of sp³-hybridized carbons (Fsp3) is 0.190. The third-order valence-electron chi connectivity index (χ3n) is 4.42. The lowest BCUT2D eigenvalue weighted by atomic mass is 10.1.